The van der Waals surface area contributed by atoms with Crippen molar-refractivity contribution in [2.75, 3.05) is 44.0 Å². The van der Waals surface area contributed by atoms with E-state index in [1.807, 2.05) is 30.3 Å². The average molecular weight is 803 g/mol. The van der Waals surface area contributed by atoms with Crippen molar-refractivity contribution in [2.45, 2.75) is 52.2 Å². The van der Waals surface area contributed by atoms with Crippen LogP contribution in [0.3, 0.4) is 0 Å². The number of phenols is 2. The highest BCUT2D eigenvalue weighted by atomic mass is 32.1. The van der Waals surface area contributed by atoms with Crippen molar-refractivity contribution in [3.63, 3.8) is 0 Å². The summed E-state index contributed by atoms with van der Waals surface area (Å²) in [6.07, 6.45) is 2.97. The normalized spacial score (nSPS) is 13.9. The highest BCUT2D eigenvalue weighted by Gasteiger charge is 2.53. The summed E-state index contributed by atoms with van der Waals surface area (Å²) in [5.41, 5.74) is 10.2. The van der Waals surface area contributed by atoms with E-state index >= 15 is 0 Å². The number of nitrogens with one attached hydrogen (secondary N) is 2. The lowest BCUT2D eigenvalue weighted by Crippen LogP contribution is -2.33. The highest BCUT2D eigenvalue weighted by Crippen LogP contribution is 2.57. The fourth-order valence-electron chi connectivity index (χ4n) is 7.84. The maximum Gasteiger partial charge on any atom is 0.340 e. The van der Waals surface area contributed by atoms with Crippen LogP contribution in [0.25, 0.3) is 21.9 Å². The number of esters is 1. The lowest BCUT2D eigenvalue weighted by Gasteiger charge is -2.36. The van der Waals surface area contributed by atoms with Gasteiger partial charge in [0.15, 0.2) is 16.5 Å². The average Bonchev–Trinajstić information content (AvgIpc) is 3.69. The van der Waals surface area contributed by atoms with Gasteiger partial charge in [0.05, 0.1) is 43.0 Å². The zero-order valence-electron chi connectivity index (χ0n) is 32.6. The summed E-state index contributed by atoms with van der Waals surface area (Å²) in [6, 6.07) is 22.7. The third-order valence-corrected chi connectivity index (χ3v) is 10.7. The number of imidazole rings is 1. The lowest BCUT2D eigenvalue weighted by atomic mass is 9.77. The Hall–Kier alpha value is -5.96. The minimum absolute atomic E-state index is 0.00719. The fourth-order valence-corrected chi connectivity index (χ4v) is 8.06. The number of carbonyl (C=O) groups is 1. The summed E-state index contributed by atoms with van der Waals surface area (Å²) < 4.78 is 26.4. The van der Waals surface area contributed by atoms with Crippen molar-refractivity contribution >= 4 is 56.7 Å². The SMILES string of the molecule is CCCCc1nc2c(N)nc3ccccc3c2n1CC(C)(C)COCCOCCNC(=S)Nc1ccc2c(c1)C(=O)OC21c2ccc(O)cc2Oc2cc(O)ccc21. The van der Waals surface area contributed by atoms with E-state index in [4.69, 9.17) is 41.9 Å². The van der Waals surface area contributed by atoms with Gasteiger partial charge in [-0.3, -0.25) is 0 Å². The first kappa shape index (κ1) is 38.9. The second kappa shape index (κ2) is 15.8. The van der Waals surface area contributed by atoms with Gasteiger partial charge in [-0.05, 0) is 61.1 Å². The number of anilines is 2. The van der Waals surface area contributed by atoms with Crippen LogP contribution in [0, 0.1) is 5.41 Å². The van der Waals surface area contributed by atoms with E-state index in [0.29, 0.717) is 89.9 Å². The number of para-hydroxylation sites is 1. The molecule has 1 spiro atoms. The predicted molar refractivity (Wildman–Crippen MR) is 226 cm³/mol. The molecule has 8 rings (SSSR count). The van der Waals surface area contributed by atoms with E-state index in [9.17, 15) is 15.0 Å². The van der Waals surface area contributed by atoms with E-state index in [1.54, 1.807) is 18.2 Å². The highest BCUT2D eigenvalue weighted by molar-refractivity contribution is 7.80. The van der Waals surface area contributed by atoms with Crippen molar-refractivity contribution in [3.05, 3.63) is 107 Å². The first-order chi connectivity index (χ1) is 28.0. The number of carbonyl (C=O) groups excluding carboxylic acids is 1. The summed E-state index contributed by atoms with van der Waals surface area (Å²) in [4.78, 5) is 23.0. The van der Waals surface area contributed by atoms with Crippen molar-refractivity contribution in [1.82, 2.24) is 19.9 Å². The van der Waals surface area contributed by atoms with Crippen molar-refractivity contribution in [1.29, 1.82) is 0 Å². The molecule has 0 fully saturated rings. The van der Waals surface area contributed by atoms with Gasteiger partial charge in [-0.15, -0.1) is 0 Å². The van der Waals surface area contributed by atoms with Crippen LogP contribution in [0.5, 0.6) is 23.0 Å². The number of pyridine rings is 1. The molecule has 6 aromatic rings. The molecule has 0 amide bonds. The molecule has 300 valence electrons. The van der Waals surface area contributed by atoms with Gasteiger partial charge in [-0.25, -0.2) is 14.8 Å². The number of aryl methyl sites for hydroxylation is 1. The summed E-state index contributed by atoms with van der Waals surface area (Å²) in [7, 11) is 0. The first-order valence-corrected chi connectivity index (χ1v) is 19.8. The number of aromatic nitrogens is 3. The molecule has 13 nitrogen and oxygen atoms in total. The number of aromatic hydroxyl groups is 2. The van der Waals surface area contributed by atoms with E-state index < -0.39 is 11.6 Å². The standard InChI is InChI=1S/C44H46N6O7S/c1-4-5-10-37-49-38-39(29-8-6-7-9-34(29)48-40(38)45)50(37)24-43(2,3)25-55-20-19-54-18-17-46-42(58)47-26-11-14-31-30(21-26)41(53)57-44(31)32-15-12-27(51)22-35(32)56-36-23-28(52)13-16-33(36)44/h6-9,11-16,21-23,51-52H,4-5,10,17-20,24-25H2,1-3H3,(H2,45,48)(H2,46,47,58). The number of unbranched alkanes of at least 4 members (excludes halogenated alkanes) is 1. The van der Waals surface area contributed by atoms with Gasteiger partial charge in [-0.2, -0.15) is 0 Å². The molecule has 0 aliphatic carbocycles. The van der Waals surface area contributed by atoms with Gasteiger partial charge in [0.25, 0.3) is 0 Å². The number of hydrogen-bond donors (Lipinski definition) is 5. The smallest absolute Gasteiger partial charge is 0.340 e. The second-order valence-corrected chi connectivity index (χ2v) is 15.8. The Kier molecular flexibility index (Phi) is 10.6. The van der Waals surface area contributed by atoms with Crippen molar-refractivity contribution < 1.29 is 34.0 Å². The molecule has 58 heavy (non-hydrogen) atoms. The van der Waals surface area contributed by atoms with Crippen LogP contribution in [0.4, 0.5) is 11.5 Å². The topological polar surface area (TPSA) is 175 Å². The van der Waals surface area contributed by atoms with Crippen LogP contribution in [0.15, 0.2) is 78.9 Å². The maximum atomic E-state index is 13.4. The molecular weight excluding hydrogens is 757 g/mol. The van der Waals surface area contributed by atoms with E-state index in [1.165, 1.54) is 24.3 Å². The third-order valence-electron chi connectivity index (χ3n) is 10.5. The summed E-state index contributed by atoms with van der Waals surface area (Å²) in [6.45, 7) is 9.54. The van der Waals surface area contributed by atoms with Crippen LogP contribution >= 0.6 is 12.2 Å². The Morgan fingerprint density at radius 3 is 2.38 bits per heavy atom. The molecule has 2 aliphatic heterocycles. The summed E-state index contributed by atoms with van der Waals surface area (Å²) in [5.74, 6) is 1.56. The fraction of sp³-hybridized carbons (Fsp3) is 0.318. The molecule has 0 unspecified atom stereocenters. The van der Waals surface area contributed by atoms with E-state index in [0.717, 1.165) is 47.0 Å². The van der Waals surface area contributed by atoms with Crippen LogP contribution in [-0.2, 0) is 32.8 Å². The summed E-state index contributed by atoms with van der Waals surface area (Å²) >= 11 is 5.54. The number of phenolic OH excluding ortho intramolecular Hbond substituents is 2. The molecule has 14 heteroatoms. The Bertz CT molecular complexity index is 2500. The number of rotatable bonds is 14. The monoisotopic (exact) mass is 802 g/mol. The molecule has 0 saturated heterocycles. The Morgan fingerprint density at radius 2 is 1.64 bits per heavy atom. The van der Waals surface area contributed by atoms with Crippen LogP contribution < -0.4 is 21.1 Å². The van der Waals surface area contributed by atoms with Gasteiger partial charge in [0, 0.05) is 64.8 Å². The number of hydrogen-bond acceptors (Lipinski definition) is 11. The minimum Gasteiger partial charge on any atom is -0.508 e. The number of ether oxygens (including phenoxy) is 4. The number of nitrogens with two attached hydrogens (primary N) is 1. The molecular formula is C44H46N6O7S. The molecule has 2 aromatic heterocycles. The van der Waals surface area contributed by atoms with Crippen LogP contribution in [0.1, 0.15) is 66.5 Å². The molecule has 4 aromatic carbocycles. The zero-order valence-corrected chi connectivity index (χ0v) is 33.4. The second-order valence-electron chi connectivity index (χ2n) is 15.4. The summed E-state index contributed by atoms with van der Waals surface area (Å²) in [5, 5.41) is 28.0. The van der Waals surface area contributed by atoms with Crippen molar-refractivity contribution in [2.24, 2.45) is 5.41 Å². The molecule has 2 aliphatic rings. The van der Waals surface area contributed by atoms with Gasteiger partial charge in [-0.1, -0.05) is 51.5 Å². The quantitative estimate of drug-likeness (QED) is 0.0416. The number of fused-ring (bicyclic) bond motifs is 9. The molecule has 0 atom stereocenters. The molecule has 0 bridgehead atoms. The van der Waals surface area contributed by atoms with Gasteiger partial charge in [0.1, 0.15) is 34.3 Å². The Balaban J connectivity index is 0.832. The van der Waals surface area contributed by atoms with Crippen LogP contribution in [0.2, 0.25) is 0 Å². The maximum absolute atomic E-state index is 13.4. The number of benzene rings is 4. The minimum atomic E-state index is -1.33. The first-order valence-electron chi connectivity index (χ1n) is 19.4. The largest absolute Gasteiger partial charge is 0.508 e. The Labute approximate surface area is 341 Å². The Morgan fingerprint density at radius 1 is 0.931 bits per heavy atom. The number of thiocarbonyl (C=S) groups is 1. The predicted octanol–water partition coefficient (Wildman–Crippen LogP) is 7.53. The molecule has 0 radical (unpaired) electrons. The van der Waals surface area contributed by atoms with Crippen LogP contribution in [-0.4, -0.2) is 68.8 Å². The molecule has 4 heterocycles. The van der Waals surface area contributed by atoms with Crippen molar-refractivity contribution in [3.8, 4) is 23.0 Å². The third kappa shape index (κ3) is 7.34. The van der Waals surface area contributed by atoms with Gasteiger partial charge in [0.2, 0.25) is 0 Å². The van der Waals surface area contributed by atoms with E-state index in [2.05, 4.69) is 47.0 Å². The van der Waals surface area contributed by atoms with E-state index in [-0.39, 0.29) is 16.9 Å². The van der Waals surface area contributed by atoms with Gasteiger partial charge < -0.3 is 50.1 Å². The van der Waals surface area contributed by atoms with Gasteiger partial charge >= 0.3 is 5.97 Å². The zero-order chi connectivity index (χ0) is 40.6. The number of nitrogens with zero attached hydrogens (tertiary/aromatic N) is 3. The molecule has 0 saturated carbocycles. The number of nitrogen functional groups attached to an aromatic ring is 1. The lowest BCUT2D eigenvalue weighted by molar-refractivity contribution is 0.0114. The molecule has 6 N–H and O–H groups in total.